The highest BCUT2D eigenvalue weighted by Crippen LogP contribution is 2.21. The van der Waals surface area contributed by atoms with Crippen molar-refractivity contribution in [3.05, 3.63) is 83.9 Å². The quantitative estimate of drug-likeness (QED) is 0.512. The number of benzene rings is 3. The first-order valence-electron chi connectivity index (χ1n) is 11.7. The van der Waals surface area contributed by atoms with E-state index in [2.05, 4.69) is 9.62 Å². The molecule has 0 aliphatic carbocycles. The van der Waals surface area contributed by atoms with E-state index in [1.54, 1.807) is 43.5 Å². The van der Waals surface area contributed by atoms with Gasteiger partial charge in [0.25, 0.3) is 10.0 Å². The molecule has 0 aromatic heterocycles. The van der Waals surface area contributed by atoms with Crippen LogP contribution in [0.3, 0.4) is 0 Å². The zero-order chi connectivity index (χ0) is 24.8. The number of carbonyl (C=O) groups is 1. The summed E-state index contributed by atoms with van der Waals surface area (Å²) in [7, 11) is -2.01. The average Bonchev–Trinajstić information content (AvgIpc) is 2.89. The predicted molar refractivity (Wildman–Crippen MR) is 139 cm³/mol. The van der Waals surface area contributed by atoms with Gasteiger partial charge in [0.2, 0.25) is 5.91 Å². The molecular weight excluding hydrogens is 462 g/mol. The number of amides is 1. The Hall–Kier alpha value is -3.52. The van der Waals surface area contributed by atoms with Crippen LogP contribution < -0.4 is 14.4 Å². The lowest BCUT2D eigenvalue weighted by atomic mass is 10.1. The van der Waals surface area contributed by atoms with Gasteiger partial charge in [0, 0.05) is 44.0 Å². The number of hydrogen-bond donors (Lipinski definition) is 1. The molecule has 1 saturated heterocycles. The van der Waals surface area contributed by atoms with E-state index in [-0.39, 0.29) is 10.8 Å². The summed E-state index contributed by atoms with van der Waals surface area (Å²) in [5.41, 5.74) is 3.65. The molecule has 1 amide bonds. The zero-order valence-corrected chi connectivity index (χ0v) is 20.9. The van der Waals surface area contributed by atoms with Gasteiger partial charge in [0.15, 0.2) is 0 Å². The van der Waals surface area contributed by atoms with Crippen molar-refractivity contribution >= 4 is 27.3 Å². The van der Waals surface area contributed by atoms with Crippen LogP contribution in [0.15, 0.2) is 77.7 Å². The summed E-state index contributed by atoms with van der Waals surface area (Å²) in [5.74, 6) is 0.952. The van der Waals surface area contributed by atoms with Crippen LogP contribution in [0, 0.1) is 6.92 Å². The number of methoxy groups -OCH3 is 1. The molecular formula is C27H31N3O4S. The number of aryl methyl sites for hydroxylation is 2. The maximum atomic E-state index is 12.7. The molecule has 1 aliphatic heterocycles. The summed E-state index contributed by atoms with van der Waals surface area (Å²) < 4.78 is 33.1. The molecule has 3 aromatic carbocycles. The van der Waals surface area contributed by atoms with E-state index in [0.717, 1.165) is 35.7 Å². The highest BCUT2D eigenvalue weighted by Gasteiger charge is 2.21. The molecule has 1 N–H and O–H groups in total. The molecule has 0 atom stereocenters. The highest BCUT2D eigenvalue weighted by molar-refractivity contribution is 7.92. The molecule has 0 unspecified atom stereocenters. The molecule has 0 radical (unpaired) electrons. The monoisotopic (exact) mass is 493 g/mol. The molecule has 7 nitrogen and oxygen atoms in total. The van der Waals surface area contributed by atoms with E-state index >= 15 is 0 Å². The lowest BCUT2D eigenvalue weighted by Crippen LogP contribution is -2.48. The summed E-state index contributed by atoms with van der Waals surface area (Å²) in [6.07, 6.45) is 0.972. The Kier molecular flexibility index (Phi) is 7.60. The number of ether oxygens (including phenoxy) is 1. The average molecular weight is 494 g/mol. The van der Waals surface area contributed by atoms with E-state index in [0.29, 0.717) is 31.6 Å². The van der Waals surface area contributed by atoms with E-state index in [9.17, 15) is 13.2 Å². The van der Waals surface area contributed by atoms with Crippen molar-refractivity contribution in [3.8, 4) is 5.75 Å². The second kappa shape index (κ2) is 10.8. The first-order valence-corrected chi connectivity index (χ1v) is 13.2. The highest BCUT2D eigenvalue weighted by atomic mass is 32.2. The third-order valence-electron chi connectivity index (χ3n) is 6.23. The van der Waals surface area contributed by atoms with E-state index in [4.69, 9.17) is 4.74 Å². The van der Waals surface area contributed by atoms with Gasteiger partial charge in [-0.1, -0.05) is 29.8 Å². The second-order valence-electron chi connectivity index (χ2n) is 8.68. The normalized spacial score (nSPS) is 14.0. The molecule has 0 saturated carbocycles. The number of anilines is 2. The molecule has 0 spiro atoms. The summed E-state index contributed by atoms with van der Waals surface area (Å²) in [6.45, 7) is 4.90. The Morgan fingerprint density at radius 1 is 0.886 bits per heavy atom. The van der Waals surface area contributed by atoms with Gasteiger partial charge in [0.1, 0.15) is 5.75 Å². The molecule has 35 heavy (non-hydrogen) atoms. The number of piperazine rings is 1. The minimum absolute atomic E-state index is 0.122. The van der Waals surface area contributed by atoms with Crippen LogP contribution in [-0.4, -0.2) is 52.5 Å². The number of sulfonamides is 1. The molecule has 8 heteroatoms. The minimum Gasteiger partial charge on any atom is -0.497 e. The predicted octanol–water partition coefficient (Wildman–Crippen LogP) is 4.09. The number of nitrogens with zero attached hydrogens (tertiary/aromatic N) is 2. The fourth-order valence-electron chi connectivity index (χ4n) is 4.09. The summed E-state index contributed by atoms with van der Waals surface area (Å²) in [6, 6.07) is 21.9. The van der Waals surface area contributed by atoms with Gasteiger partial charge in [-0.05, 0) is 67.4 Å². The molecule has 4 rings (SSSR count). The smallest absolute Gasteiger partial charge is 0.261 e. The van der Waals surface area contributed by atoms with E-state index in [1.807, 2.05) is 48.2 Å². The molecule has 1 aliphatic rings. The standard InChI is InChI=1S/C27H31N3O4S/c1-21-3-8-23(9-4-21)28-35(32,33)26-14-5-22(6-15-26)7-16-27(31)30-19-17-29(18-20-30)24-10-12-25(34-2)13-11-24/h3-6,8-15,28H,7,16-20H2,1-2H3. The van der Waals surface area contributed by atoms with Crippen molar-refractivity contribution in [2.75, 3.05) is 42.9 Å². The van der Waals surface area contributed by atoms with Crippen LogP contribution in [-0.2, 0) is 21.2 Å². The largest absolute Gasteiger partial charge is 0.497 e. The summed E-state index contributed by atoms with van der Waals surface area (Å²) >= 11 is 0. The van der Waals surface area contributed by atoms with Crippen LogP contribution in [0.4, 0.5) is 11.4 Å². The summed E-state index contributed by atoms with van der Waals surface area (Å²) in [5, 5.41) is 0. The number of carbonyl (C=O) groups excluding carboxylic acids is 1. The summed E-state index contributed by atoms with van der Waals surface area (Å²) in [4.78, 5) is 17.1. The number of hydrogen-bond acceptors (Lipinski definition) is 5. The maximum absolute atomic E-state index is 12.7. The first kappa shape index (κ1) is 24.6. The Morgan fingerprint density at radius 2 is 1.51 bits per heavy atom. The molecule has 3 aromatic rings. The van der Waals surface area contributed by atoms with Crippen molar-refractivity contribution in [2.45, 2.75) is 24.7 Å². The van der Waals surface area contributed by atoms with Crippen LogP contribution in [0.5, 0.6) is 5.75 Å². The fourth-order valence-corrected chi connectivity index (χ4v) is 5.15. The third kappa shape index (κ3) is 6.33. The van der Waals surface area contributed by atoms with Crippen molar-refractivity contribution in [2.24, 2.45) is 0 Å². The van der Waals surface area contributed by atoms with Crippen molar-refractivity contribution in [1.82, 2.24) is 4.90 Å². The number of rotatable bonds is 8. The molecule has 184 valence electrons. The van der Waals surface area contributed by atoms with Gasteiger partial charge in [-0.25, -0.2) is 8.42 Å². The Labute approximate surface area is 207 Å². The third-order valence-corrected chi connectivity index (χ3v) is 7.63. The van der Waals surface area contributed by atoms with Crippen LogP contribution in [0.2, 0.25) is 0 Å². The topological polar surface area (TPSA) is 79.0 Å². The van der Waals surface area contributed by atoms with Crippen LogP contribution in [0.1, 0.15) is 17.5 Å². The number of nitrogens with one attached hydrogen (secondary N) is 1. The maximum Gasteiger partial charge on any atom is 0.261 e. The van der Waals surface area contributed by atoms with Gasteiger partial charge in [-0.3, -0.25) is 9.52 Å². The first-order chi connectivity index (χ1) is 16.8. The minimum atomic E-state index is -3.66. The molecule has 1 heterocycles. The zero-order valence-electron chi connectivity index (χ0n) is 20.1. The lowest BCUT2D eigenvalue weighted by molar-refractivity contribution is -0.131. The fraction of sp³-hybridized carbons (Fsp3) is 0.296. The van der Waals surface area contributed by atoms with Gasteiger partial charge >= 0.3 is 0 Å². The Balaban J connectivity index is 1.26. The van der Waals surface area contributed by atoms with Crippen LogP contribution >= 0.6 is 0 Å². The Bertz CT molecular complexity index is 1230. The molecule has 1 fully saturated rings. The van der Waals surface area contributed by atoms with Gasteiger partial charge < -0.3 is 14.5 Å². The lowest BCUT2D eigenvalue weighted by Gasteiger charge is -2.36. The second-order valence-corrected chi connectivity index (χ2v) is 10.4. The van der Waals surface area contributed by atoms with Crippen molar-refractivity contribution in [1.29, 1.82) is 0 Å². The van der Waals surface area contributed by atoms with Gasteiger partial charge in [0.05, 0.1) is 12.0 Å². The van der Waals surface area contributed by atoms with Crippen molar-refractivity contribution in [3.63, 3.8) is 0 Å². The van der Waals surface area contributed by atoms with E-state index in [1.165, 1.54) is 0 Å². The van der Waals surface area contributed by atoms with Gasteiger partial charge in [-0.2, -0.15) is 0 Å². The van der Waals surface area contributed by atoms with Crippen molar-refractivity contribution < 1.29 is 17.9 Å². The van der Waals surface area contributed by atoms with Gasteiger partial charge in [-0.15, -0.1) is 0 Å². The SMILES string of the molecule is COc1ccc(N2CCN(C(=O)CCc3ccc(S(=O)(=O)Nc4ccc(C)cc4)cc3)CC2)cc1. The molecule has 0 bridgehead atoms. The van der Waals surface area contributed by atoms with Crippen LogP contribution in [0.25, 0.3) is 0 Å². The van der Waals surface area contributed by atoms with E-state index < -0.39 is 10.0 Å². The Morgan fingerprint density at radius 3 is 2.11 bits per heavy atom.